The van der Waals surface area contributed by atoms with E-state index in [1.165, 1.54) is 28.8 Å². The normalized spacial score (nSPS) is 12.8. The molecule has 0 N–H and O–H groups in total. The highest BCUT2D eigenvalue weighted by Crippen LogP contribution is 2.26. The molecule has 0 saturated heterocycles. The lowest BCUT2D eigenvalue weighted by atomic mass is 10.2. The third-order valence-corrected chi connectivity index (χ3v) is 11.4. The zero-order chi connectivity index (χ0) is 29.8. The van der Waals surface area contributed by atoms with Gasteiger partial charge in [-0.05, 0) is 75.2 Å². The third-order valence-electron chi connectivity index (χ3n) is 6.58. The van der Waals surface area contributed by atoms with E-state index in [1.54, 1.807) is 60.7 Å². The molecule has 0 aliphatic carbocycles. The molecule has 1 atom stereocenters. The maximum Gasteiger partial charge on any atom is 0.267 e. The Morgan fingerprint density at radius 1 is 0.780 bits per heavy atom. The second-order valence-electron chi connectivity index (χ2n) is 10.2. The van der Waals surface area contributed by atoms with Crippen LogP contribution in [-0.2, 0) is 43.1 Å². The second-order valence-corrected chi connectivity index (χ2v) is 15.4. The van der Waals surface area contributed by atoms with Crippen molar-refractivity contribution in [2.45, 2.75) is 54.7 Å². The average Bonchev–Trinajstić information content (AvgIpc) is 3.34. The molecule has 1 aromatic heterocycles. The van der Waals surface area contributed by atoms with Crippen LogP contribution in [0, 0.1) is 13.8 Å². The summed E-state index contributed by atoms with van der Waals surface area (Å²) in [5.41, 5.74) is 3.75. The van der Waals surface area contributed by atoms with Gasteiger partial charge in [0.05, 0.1) is 26.3 Å². The Morgan fingerprint density at radius 2 is 1.32 bits per heavy atom. The first-order chi connectivity index (χ1) is 19.4. The van der Waals surface area contributed by atoms with E-state index in [4.69, 9.17) is 0 Å². The Kier molecular flexibility index (Phi) is 9.48. The molecule has 216 valence electrons. The van der Waals surface area contributed by atoms with Crippen LogP contribution in [0.5, 0.6) is 0 Å². The molecule has 7 nitrogen and oxygen atoms in total. The van der Waals surface area contributed by atoms with Gasteiger partial charge in [0.1, 0.15) is 0 Å². The van der Waals surface area contributed by atoms with Gasteiger partial charge in [-0.15, -0.1) is 0 Å². The lowest BCUT2D eigenvalue weighted by Crippen LogP contribution is -2.31. The number of aryl methyl sites for hydroxylation is 2. The van der Waals surface area contributed by atoms with Crippen molar-refractivity contribution in [3.05, 3.63) is 125 Å². The van der Waals surface area contributed by atoms with Crippen LogP contribution >= 0.6 is 0 Å². The number of benzene rings is 3. The van der Waals surface area contributed by atoms with Crippen LogP contribution in [0.15, 0.2) is 118 Å². The molecule has 0 saturated carbocycles. The minimum Gasteiger partial charge on any atom is -0.254 e. The van der Waals surface area contributed by atoms with Crippen molar-refractivity contribution in [2.24, 2.45) is 0 Å². The van der Waals surface area contributed by atoms with E-state index in [1.807, 2.05) is 39.8 Å². The number of allylic oxidation sites excluding steroid dienone is 1. The molecule has 10 heteroatoms. The molecule has 0 aliphatic rings. The van der Waals surface area contributed by atoms with Crippen LogP contribution in [0.25, 0.3) is 0 Å². The van der Waals surface area contributed by atoms with Crippen molar-refractivity contribution in [3.63, 3.8) is 0 Å². The van der Waals surface area contributed by atoms with Gasteiger partial charge in [-0.2, -0.15) is 4.31 Å². The Labute approximate surface area is 245 Å². The maximum atomic E-state index is 13.8. The summed E-state index contributed by atoms with van der Waals surface area (Å²) in [6, 6.07) is 22.0. The molecule has 3 aromatic carbocycles. The molecule has 0 spiro atoms. The minimum absolute atomic E-state index is 0.0246. The maximum absolute atomic E-state index is 13.8. The zero-order valence-electron chi connectivity index (χ0n) is 23.5. The van der Waals surface area contributed by atoms with Crippen molar-refractivity contribution >= 4 is 30.8 Å². The second kappa shape index (κ2) is 12.7. The van der Waals surface area contributed by atoms with Gasteiger partial charge in [0.15, 0.2) is 0 Å². The number of hydrogen-bond donors (Lipinski definition) is 0. The van der Waals surface area contributed by atoms with E-state index >= 15 is 0 Å². The van der Waals surface area contributed by atoms with Crippen LogP contribution in [0.2, 0.25) is 0 Å². The van der Waals surface area contributed by atoms with E-state index in [2.05, 4.69) is 0 Å². The molecule has 0 radical (unpaired) electrons. The van der Waals surface area contributed by atoms with Gasteiger partial charge in [-0.3, -0.25) is 4.21 Å². The van der Waals surface area contributed by atoms with Crippen LogP contribution in [0.3, 0.4) is 0 Å². The minimum atomic E-state index is -3.97. The van der Waals surface area contributed by atoms with Crippen LogP contribution in [0.1, 0.15) is 36.1 Å². The van der Waals surface area contributed by atoms with Crippen molar-refractivity contribution in [1.82, 2.24) is 8.28 Å². The Balaban J connectivity index is 1.80. The first kappa shape index (κ1) is 30.6. The Morgan fingerprint density at radius 3 is 1.88 bits per heavy atom. The smallest absolute Gasteiger partial charge is 0.254 e. The van der Waals surface area contributed by atoms with E-state index in [9.17, 15) is 21.0 Å². The summed E-state index contributed by atoms with van der Waals surface area (Å²) in [4.78, 5) is 0.849. The fraction of sp³-hybridized carbons (Fsp3) is 0.226. The SMILES string of the molecule is CC(C)=CCN(Cc1cn(S(=O)(=O)c2ccc(C)cc2)cc1CS(=O)c1ccccc1)S(=O)(=O)c1ccc(C)cc1. The Bertz CT molecular complexity index is 1770. The summed E-state index contributed by atoms with van der Waals surface area (Å²) in [5.74, 6) is 0.0246. The van der Waals surface area contributed by atoms with Gasteiger partial charge in [-0.25, -0.2) is 20.8 Å². The van der Waals surface area contributed by atoms with Crippen LogP contribution in [-0.4, -0.2) is 35.9 Å². The van der Waals surface area contributed by atoms with Crippen LogP contribution in [0.4, 0.5) is 0 Å². The highest BCUT2D eigenvalue weighted by Gasteiger charge is 2.27. The number of sulfonamides is 1. The van der Waals surface area contributed by atoms with E-state index in [-0.39, 0.29) is 28.6 Å². The fourth-order valence-electron chi connectivity index (χ4n) is 4.13. The molecule has 0 bridgehead atoms. The zero-order valence-corrected chi connectivity index (χ0v) is 26.0. The van der Waals surface area contributed by atoms with Crippen molar-refractivity contribution in [1.29, 1.82) is 0 Å². The molecule has 41 heavy (non-hydrogen) atoms. The summed E-state index contributed by atoms with van der Waals surface area (Å²) >= 11 is 0. The fourth-order valence-corrected chi connectivity index (χ4v) is 7.91. The molecule has 4 aromatic rings. The van der Waals surface area contributed by atoms with Gasteiger partial charge in [0.2, 0.25) is 10.0 Å². The van der Waals surface area contributed by atoms with Crippen molar-refractivity contribution < 1.29 is 21.0 Å². The number of aromatic nitrogens is 1. The van der Waals surface area contributed by atoms with Gasteiger partial charge < -0.3 is 0 Å². The number of nitrogens with zero attached hydrogens (tertiary/aromatic N) is 2. The number of hydrogen-bond acceptors (Lipinski definition) is 5. The lowest BCUT2D eigenvalue weighted by molar-refractivity contribution is 0.437. The molecular weight excluding hydrogens is 577 g/mol. The van der Waals surface area contributed by atoms with E-state index in [0.29, 0.717) is 16.0 Å². The summed E-state index contributed by atoms with van der Waals surface area (Å²) in [5, 5.41) is 0. The lowest BCUT2D eigenvalue weighted by Gasteiger charge is -2.21. The standard InChI is InChI=1S/C31H34N2O5S3/c1-24(2)18-19-32(40(35,36)30-14-10-25(3)11-15-30)20-27-21-33(41(37,38)31-16-12-26(4)13-17-31)22-28(27)23-39(34)29-8-6-5-7-9-29/h5-18,21-22H,19-20,23H2,1-4H3. The molecule has 0 aliphatic heterocycles. The molecular formula is C31H34N2O5S3. The molecule has 0 amide bonds. The topological polar surface area (TPSA) is 93.5 Å². The third kappa shape index (κ3) is 7.32. The summed E-state index contributed by atoms with van der Waals surface area (Å²) in [6.45, 7) is 7.52. The van der Waals surface area contributed by atoms with Gasteiger partial charge in [0, 0.05) is 30.4 Å². The van der Waals surface area contributed by atoms with Crippen LogP contribution < -0.4 is 0 Å². The average molecular weight is 611 g/mol. The predicted octanol–water partition coefficient (Wildman–Crippen LogP) is 5.81. The van der Waals surface area contributed by atoms with Gasteiger partial charge in [-0.1, -0.05) is 65.2 Å². The molecule has 4 rings (SSSR count). The molecule has 1 heterocycles. The predicted molar refractivity (Wildman–Crippen MR) is 163 cm³/mol. The van der Waals surface area contributed by atoms with Crippen molar-refractivity contribution in [2.75, 3.05) is 6.54 Å². The largest absolute Gasteiger partial charge is 0.267 e. The highest BCUT2D eigenvalue weighted by molar-refractivity contribution is 7.90. The van der Waals surface area contributed by atoms with E-state index < -0.39 is 30.8 Å². The first-order valence-corrected chi connectivity index (χ1v) is 17.2. The summed E-state index contributed by atoms with van der Waals surface area (Å²) in [6.07, 6.45) is 4.70. The monoisotopic (exact) mass is 610 g/mol. The van der Waals surface area contributed by atoms with Gasteiger partial charge in [0.25, 0.3) is 10.0 Å². The van der Waals surface area contributed by atoms with E-state index in [0.717, 1.165) is 20.7 Å². The highest BCUT2D eigenvalue weighted by atomic mass is 32.2. The summed E-state index contributed by atoms with van der Waals surface area (Å²) in [7, 11) is -9.39. The number of rotatable bonds is 11. The quantitative estimate of drug-likeness (QED) is 0.200. The molecule has 0 fully saturated rings. The first-order valence-electron chi connectivity index (χ1n) is 13.0. The van der Waals surface area contributed by atoms with Crippen molar-refractivity contribution in [3.8, 4) is 0 Å². The molecule has 1 unspecified atom stereocenters. The Hall–Kier alpha value is -3.31. The van der Waals surface area contributed by atoms with Gasteiger partial charge >= 0.3 is 0 Å². The summed E-state index contributed by atoms with van der Waals surface area (Å²) < 4.78 is 70.4.